The number of methoxy groups -OCH3 is 1. The number of carbonyl (C=O) groups excluding carboxylic acids is 2. The molecule has 6 nitrogen and oxygen atoms in total. The Kier molecular flexibility index (Phi) is 3.52. The Morgan fingerprint density at radius 1 is 1.16 bits per heavy atom. The highest BCUT2D eigenvalue weighted by Gasteiger charge is 2.30. The van der Waals surface area contributed by atoms with Crippen LogP contribution in [0.5, 0.6) is 11.5 Å². The van der Waals surface area contributed by atoms with E-state index in [-0.39, 0.29) is 28.3 Å². The number of aromatic hydroxyl groups is 2. The summed E-state index contributed by atoms with van der Waals surface area (Å²) < 4.78 is 4.83. The van der Waals surface area contributed by atoms with Crippen molar-refractivity contribution in [2.24, 2.45) is 0 Å². The Labute approximate surface area is 109 Å². The van der Waals surface area contributed by atoms with Gasteiger partial charge in [0, 0.05) is 19.7 Å². The molecule has 0 unspecified atom stereocenters. The average Bonchev–Trinajstić information content (AvgIpc) is 2.38. The van der Waals surface area contributed by atoms with Gasteiger partial charge in [-0.15, -0.1) is 0 Å². The zero-order valence-electron chi connectivity index (χ0n) is 10.3. The maximum absolute atomic E-state index is 12.1. The van der Waals surface area contributed by atoms with E-state index in [2.05, 4.69) is 5.32 Å². The smallest absolute Gasteiger partial charge is 0.213 e. The molecule has 6 heteroatoms. The summed E-state index contributed by atoms with van der Waals surface area (Å²) in [6, 6.07) is 2.36. The molecule has 0 saturated carbocycles. The molecule has 0 spiro atoms. The number of allylic oxidation sites excluding steroid dienone is 2. The van der Waals surface area contributed by atoms with Gasteiger partial charge in [-0.3, -0.25) is 9.59 Å². The first kappa shape index (κ1) is 13.1. The van der Waals surface area contributed by atoms with Crippen LogP contribution in [0.4, 0.5) is 0 Å². The van der Waals surface area contributed by atoms with Crippen molar-refractivity contribution in [3.05, 3.63) is 35.0 Å². The summed E-state index contributed by atoms with van der Waals surface area (Å²) in [4.78, 5) is 24.0. The molecule has 0 aromatic heterocycles. The Morgan fingerprint density at radius 2 is 1.79 bits per heavy atom. The number of ether oxygens (including phenoxy) is 1. The zero-order valence-corrected chi connectivity index (χ0v) is 10.3. The van der Waals surface area contributed by atoms with Crippen molar-refractivity contribution >= 4 is 11.6 Å². The Morgan fingerprint density at radius 3 is 2.42 bits per heavy atom. The lowest BCUT2D eigenvalue weighted by Gasteiger charge is -2.18. The Bertz CT molecular complexity index is 577. The number of nitrogens with one attached hydrogen (secondary N) is 1. The van der Waals surface area contributed by atoms with Crippen molar-refractivity contribution in [3.63, 3.8) is 0 Å². The highest BCUT2D eigenvalue weighted by atomic mass is 16.5. The standard InChI is InChI=1S/C13H13NO5/c1-19-5-4-14-7-6-10(17)11-8(15)2-3-9(16)12(11)13(7)18/h2-3,6,14-16H,4-5H2,1H3. The number of phenols is 2. The molecular formula is C13H13NO5. The molecule has 0 heterocycles. The van der Waals surface area contributed by atoms with Crippen LogP contribution in [0.3, 0.4) is 0 Å². The van der Waals surface area contributed by atoms with Crippen molar-refractivity contribution < 1.29 is 24.5 Å². The van der Waals surface area contributed by atoms with Crippen molar-refractivity contribution in [2.45, 2.75) is 0 Å². The van der Waals surface area contributed by atoms with E-state index in [1.54, 1.807) is 0 Å². The number of fused-ring (bicyclic) bond motifs is 1. The monoisotopic (exact) mass is 263 g/mol. The van der Waals surface area contributed by atoms with E-state index in [0.717, 1.165) is 6.08 Å². The van der Waals surface area contributed by atoms with Crippen LogP contribution in [0.15, 0.2) is 23.9 Å². The van der Waals surface area contributed by atoms with Crippen molar-refractivity contribution in [3.8, 4) is 11.5 Å². The van der Waals surface area contributed by atoms with Gasteiger partial charge in [-0.1, -0.05) is 0 Å². The quantitative estimate of drug-likeness (QED) is 0.543. The van der Waals surface area contributed by atoms with E-state index in [9.17, 15) is 19.8 Å². The summed E-state index contributed by atoms with van der Waals surface area (Å²) in [5, 5.41) is 22.1. The minimum atomic E-state index is -0.529. The lowest BCUT2D eigenvalue weighted by molar-refractivity contribution is 0.0971. The van der Waals surface area contributed by atoms with Gasteiger partial charge in [-0.05, 0) is 12.1 Å². The SMILES string of the molecule is COCCNC1=CC(=O)c2c(O)ccc(O)c2C1=O. The second-order valence-corrected chi connectivity index (χ2v) is 4.02. The fraction of sp³-hybridized carbons (Fsp3) is 0.231. The summed E-state index contributed by atoms with van der Waals surface area (Å²) in [6.07, 6.45) is 1.11. The van der Waals surface area contributed by atoms with Crippen LogP contribution in [0.1, 0.15) is 20.7 Å². The molecule has 0 aliphatic heterocycles. The highest BCUT2D eigenvalue weighted by molar-refractivity contribution is 6.26. The van der Waals surface area contributed by atoms with Crippen LogP contribution in [0, 0.1) is 0 Å². The molecular weight excluding hydrogens is 250 g/mol. The number of ketones is 2. The largest absolute Gasteiger partial charge is 0.507 e. The lowest BCUT2D eigenvalue weighted by Crippen LogP contribution is -2.29. The van der Waals surface area contributed by atoms with Crippen LogP contribution in [-0.4, -0.2) is 42.0 Å². The third kappa shape index (κ3) is 2.30. The molecule has 0 radical (unpaired) electrons. The Hall–Kier alpha value is -2.34. The van der Waals surface area contributed by atoms with E-state index in [4.69, 9.17) is 4.74 Å². The van der Waals surface area contributed by atoms with E-state index >= 15 is 0 Å². The molecule has 2 rings (SSSR count). The first-order valence-corrected chi connectivity index (χ1v) is 5.64. The van der Waals surface area contributed by atoms with E-state index < -0.39 is 11.6 Å². The van der Waals surface area contributed by atoms with E-state index in [0.29, 0.717) is 13.2 Å². The second kappa shape index (κ2) is 5.11. The summed E-state index contributed by atoms with van der Waals surface area (Å²) in [6.45, 7) is 0.730. The summed E-state index contributed by atoms with van der Waals surface area (Å²) in [5.41, 5.74) is -0.259. The number of rotatable bonds is 4. The van der Waals surface area contributed by atoms with Gasteiger partial charge in [-0.2, -0.15) is 0 Å². The molecule has 0 fully saturated rings. The maximum Gasteiger partial charge on any atom is 0.213 e. The predicted molar refractivity (Wildman–Crippen MR) is 66.4 cm³/mol. The minimum Gasteiger partial charge on any atom is -0.507 e. The highest BCUT2D eigenvalue weighted by Crippen LogP contribution is 2.33. The van der Waals surface area contributed by atoms with Gasteiger partial charge in [0.05, 0.1) is 23.4 Å². The molecule has 19 heavy (non-hydrogen) atoms. The first-order valence-electron chi connectivity index (χ1n) is 5.64. The van der Waals surface area contributed by atoms with Gasteiger partial charge in [-0.25, -0.2) is 0 Å². The zero-order chi connectivity index (χ0) is 14.0. The normalized spacial score (nSPS) is 14.1. The van der Waals surface area contributed by atoms with Gasteiger partial charge in [0.25, 0.3) is 0 Å². The Balaban J connectivity index is 2.39. The van der Waals surface area contributed by atoms with Gasteiger partial charge in [0.2, 0.25) is 5.78 Å². The molecule has 1 aromatic carbocycles. The molecule has 0 amide bonds. The molecule has 0 saturated heterocycles. The fourth-order valence-electron chi connectivity index (χ4n) is 1.88. The van der Waals surface area contributed by atoms with Crippen molar-refractivity contribution in [1.29, 1.82) is 0 Å². The minimum absolute atomic E-state index is 0.0791. The second-order valence-electron chi connectivity index (χ2n) is 4.02. The number of phenolic OH excluding ortho intramolecular Hbond substituents is 2. The topological polar surface area (TPSA) is 95.9 Å². The van der Waals surface area contributed by atoms with Crippen LogP contribution < -0.4 is 5.32 Å². The molecule has 100 valence electrons. The average molecular weight is 263 g/mol. The van der Waals surface area contributed by atoms with Gasteiger partial charge >= 0.3 is 0 Å². The molecule has 0 bridgehead atoms. The number of hydrogen-bond acceptors (Lipinski definition) is 6. The number of benzene rings is 1. The summed E-state index contributed by atoms with van der Waals surface area (Å²) in [7, 11) is 1.52. The number of Topliss-reactive ketones (excluding diaryl/α,β-unsaturated/α-hetero) is 1. The van der Waals surface area contributed by atoms with Crippen LogP contribution in [-0.2, 0) is 4.74 Å². The van der Waals surface area contributed by atoms with Gasteiger partial charge in [0.1, 0.15) is 11.5 Å². The van der Waals surface area contributed by atoms with Crippen molar-refractivity contribution in [1.82, 2.24) is 5.32 Å². The van der Waals surface area contributed by atoms with E-state index in [1.165, 1.54) is 19.2 Å². The van der Waals surface area contributed by atoms with Crippen LogP contribution in [0.25, 0.3) is 0 Å². The number of hydrogen-bond donors (Lipinski definition) is 3. The first-order chi connectivity index (χ1) is 9.06. The van der Waals surface area contributed by atoms with Gasteiger partial charge in [0.15, 0.2) is 5.78 Å². The molecule has 1 aliphatic carbocycles. The molecule has 0 atom stereocenters. The summed E-state index contributed by atoms with van der Waals surface area (Å²) >= 11 is 0. The third-order valence-corrected chi connectivity index (χ3v) is 2.78. The summed E-state index contributed by atoms with van der Waals surface area (Å²) in [5.74, 6) is -1.70. The van der Waals surface area contributed by atoms with Crippen LogP contribution >= 0.6 is 0 Å². The number of carbonyl (C=O) groups is 2. The third-order valence-electron chi connectivity index (χ3n) is 2.78. The molecule has 3 N–H and O–H groups in total. The fourth-order valence-corrected chi connectivity index (χ4v) is 1.88. The lowest BCUT2D eigenvalue weighted by atomic mass is 9.91. The molecule has 1 aromatic rings. The predicted octanol–water partition coefficient (Wildman–Crippen LogP) is 0.597. The van der Waals surface area contributed by atoms with Crippen LogP contribution in [0.2, 0.25) is 0 Å². The maximum atomic E-state index is 12.1. The van der Waals surface area contributed by atoms with Crippen molar-refractivity contribution in [2.75, 3.05) is 20.3 Å². The molecule has 1 aliphatic rings. The van der Waals surface area contributed by atoms with Gasteiger partial charge < -0.3 is 20.3 Å². The van der Waals surface area contributed by atoms with E-state index in [1.807, 2.05) is 0 Å².